The molecule has 44 heavy (non-hydrogen) atoms. The summed E-state index contributed by atoms with van der Waals surface area (Å²) in [4.78, 5) is 44.3. The van der Waals surface area contributed by atoms with E-state index >= 15 is 0 Å². The summed E-state index contributed by atoms with van der Waals surface area (Å²) >= 11 is 0. The van der Waals surface area contributed by atoms with Crippen molar-refractivity contribution in [3.63, 3.8) is 0 Å². The van der Waals surface area contributed by atoms with Crippen LogP contribution in [0, 0.1) is 18.4 Å². The molecule has 3 aromatic rings. The second-order valence-corrected chi connectivity index (χ2v) is 12.1. The Bertz CT molecular complexity index is 1400. The molecule has 0 spiro atoms. The van der Waals surface area contributed by atoms with Crippen LogP contribution in [0.1, 0.15) is 62.6 Å². The van der Waals surface area contributed by atoms with Gasteiger partial charge in [0, 0.05) is 32.4 Å². The Morgan fingerprint density at radius 2 is 1.57 bits per heavy atom. The van der Waals surface area contributed by atoms with Crippen LogP contribution in [-0.2, 0) is 33.8 Å². The average Bonchev–Trinajstić information content (AvgIpc) is 3.03. The number of benzene rings is 3. The molecule has 0 bridgehead atoms. The molecule has 1 atom stereocenters. The summed E-state index contributed by atoms with van der Waals surface area (Å²) < 4.78 is 5.90. The number of carbonyl (C=O) groups is 3. The SMILES string of the molecule is [C-]#[N+]c1ccc(CCC(=O)N2CCC(CC(=O)N[C@@H](Cc3ccc(OCc4ccccc4)cc3)C(=O)CC(C)C)CC2)cc1. The summed E-state index contributed by atoms with van der Waals surface area (Å²) in [7, 11) is 0. The Hall–Kier alpha value is -4.44. The summed E-state index contributed by atoms with van der Waals surface area (Å²) in [5, 5.41) is 3.04. The highest BCUT2D eigenvalue weighted by atomic mass is 16.5. The van der Waals surface area contributed by atoms with E-state index in [0.717, 1.165) is 35.3 Å². The van der Waals surface area contributed by atoms with Crippen LogP contribution in [0.4, 0.5) is 5.69 Å². The fraction of sp³-hybridized carbons (Fsp3) is 0.405. The number of aryl methyl sites for hydroxylation is 1. The summed E-state index contributed by atoms with van der Waals surface area (Å²) in [6.07, 6.45) is 3.82. The van der Waals surface area contributed by atoms with Crippen molar-refractivity contribution in [2.45, 2.75) is 71.4 Å². The molecular weight excluding hydrogens is 550 g/mol. The third kappa shape index (κ3) is 10.4. The summed E-state index contributed by atoms with van der Waals surface area (Å²) in [6, 6.07) is 24.5. The fourth-order valence-electron chi connectivity index (χ4n) is 5.54. The minimum atomic E-state index is -0.577. The fourth-order valence-corrected chi connectivity index (χ4v) is 5.54. The first-order chi connectivity index (χ1) is 21.3. The number of rotatable bonds is 14. The molecule has 7 nitrogen and oxygen atoms in total. The smallest absolute Gasteiger partial charge is 0.222 e. The van der Waals surface area contributed by atoms with Gasteiger partial charge in [-0.15, -0.1) is 0 Å². The van der Waals surface area contributed by atoms with Gasteiger partial charge in [0.1, 0.15) is 12.4 Å². The Labute approximate surface area is 261 Å². The van der Waals surface area contributed by atoms with Crippen LogP contribution in [0.25, 0.3) is 4.85 Å². The van der Waals surface area contributed by atoms with Crippen LogP contribution in [0.2, 0.25) is 0 Å². The monoisotopic (exact) mass is 593 g/mol. The number of ketones is 1. The Morgan fingerprint density at radius 1 is 0.909 bits per heavy atom. The van der Waals surface area contributed by atoms with Crippen LogP contribution in [0.5, 0.6) is 5.75 Å². The van der Waals surface area contributed by atoms with E-state index in [2.05, 4.69) is 10.2 Å². The predicted octanol–water partition coefficient (Wildman–Crippen LogP) is 6.72. The molecule has 0 aliphatic carbocycles. The van der Waals surface area contributed by atoms with Crippen LogP contribution in [-0.4, -0.2) is 41.6 Å². The lowest BCUT2D eigenvalue weighted by molar-refractivity contribution is -0.133. The molecule has 7 heteroatoms. The van der Waals surface area contributed by atoms with E-state index in [4.69, 9.17) is 11.3 Å². The molecule has 1 heterocycles. The van der Waals surface area contributed by atoms with Gasteiger partial charge in [0.05, 0.1) is 12.6 Å². The number of hydrogen-bond donors (Lipinski definition) is 1. The number of nitrogens with one attached hydrogen (secondary N) is 1. The Morgan fingerprint density at radius 3 is 2.20 bits per heavy atom. The van der Waals surface area contributed by atoms with Gasteiger partial charge in [-0.2, -0.15) is 0 Å². The van der Waals surface area contributed by atoms with Crippen molar-refractivity contribution in [1.82, 2.24) is 10.2 Å². The van der Waals surface area contributed by atoms with Crippen LogP contribution in [0.3, 0.4) is 0 Å². The van der Waals surface area contributed by atoms with E-state index in [0.29, 0.717) is 57.5 Å². The van der Waals surface area contributed by atoms with Crippen molar-refractivity contribution in [2.75, 3.05) is 13.1 Å². The number of Topliss-reactive ketones (excluding diaryl/α,β-unsaturated/α-hetero) is 1. The predicted molar refractivity (Wildman–Crippen MR) is 172 cm³/mol. The molecule has 0 radical (unpaired) electrons. The van der Waals surface area contributed by atoms with Crippen LogP contribution >= 0.6 is 0 Å². The molecule has 4 rings (SSSR count). The minimum absolute atomic E-state index is 0.0434. The van der Waals surface area contributed by atoms with Crippen molar-refractivity contribution in [3.8, 4) is 5.75 Å². The standard InChI is InChI=1S/C37H43N3O4/c1-27(2)23-35(41)34(24-29-11-16-33(17-12-29)44-26-31-7-5-4-6-8-31)39-36(42)25-30-19-21-40(22-20-30)37(43)18-13-28-9-14-32(38-3)15-10-28/h4-12,14-17,27,30,34H,13,18-26H2,1-2H3,(H,39,42)/t34-/m0/s1. The first kappa shape index (κ1) is 32.5. The normalized spacial score (nSPS) is 14.1. The summed E-state index contributed by atoms with van der Waals surface area (Å²) in [5.41, 5.74) is 3.71. The second kappa shape index (κ2) is 16.4. The number of carbonyl (C=O) groups excluding carboxylic acids is 3. The van der Waals surface area contributed by atoms with Gasteiger partial charge in [0.25, 0.3) is 0 Å². The van der Waals surface area contributed by atoms with Gasteiger partial charge in [-0.05, 0) is 60.8 Å². The number of ether oxygens (including phenoxy) is 1. The van der Waals surface area contributed by atoms with E-state index in [-0.39, 0.29) is 29.4 Å². The van der Waals surface area contributed by atoms with E-state index in [9.17, 15) is 14.4 Å². The van der Waals surface area contributed by atoms with Gasteiger partial charge in [-0.1, -0.05) is 86.1 Å². The Balaban J connectivity index is 1.24. The van der Waals surface area contributed by atoms with Crippen molar-refractivity contribution in [3.05, 3.63) is 107 Å². The molecule has 0 saturated carbocycles. The van der Waals surface area contributed by atoms with Crippen molar-refractivity contribution in [1.29, 1.82) is 0 Å². The van der Waals surface area contributed by atoms with Gasteiger partial charge in [0.2, 0.25) is 11.8 Å². The van der Waals surface area contributed by atoms with Gasteiger partial charge < -0.3 is 15.0 Å². The van der Waals surface area contributed by atoms with Gasteiger partial charge in [-0.25, -0.2) is 4.85 Å². The molecule has 2 amide bonds. The first-order valence-corrected chi connectivity index (χ1v) is 15.6. The van der Waals surface area contributed by atoms with Crippen molar-refractivity contribution in [2.24, 2.45) is 11.8 Å². The number of likely N-dealkylation sites (tertiary alicyclic amines) is 1. The van der Waals surface area contributed by atoms with E-state index in [1.54, 1.807) is 12.1 Å². The van der Waals surface area contributed by atoms with Crippen LogP contribution < -0.4 is 10.1 Å². The zero-order chi connectivity index (χ0) is 31.3. The van der Waals surface area contributed by atoms with Gasteiger partial charge in [0.15, 0.2) is 11.5 Å². The van der Waals surface area contributed by atoms with E-state index < -0.39 is 6.04 Å². The lowest BCUT2D eigenvalue weighted by atomic mass is 9.92. The van der Waals surface area contributed by atoms with Crippen molar-refractivity contribution >= 4 is 23.3 Å². The zero-order valence-corrected chi connectivity index (χ0v) is 25.8. The highest BCUT2D eigenvalue weighted by Gasteiger charge is 2.27. The lowest BCUT2D eigenvalue weighted by Gasteiger charge is -2.32. The number of nitrogens with zero attached hydrogens (tertiary/aromatic N) is 2. The highest BCUT2D eigenvalue weighted by molar-refractivity contribution is 5.89. The van der Waals surface area contributed by atoms with Gasteiger partial charge >= 0.3 is 0 Å². The molecule has 230 valence electrons. The third-order valence-electron chi connectivity index (χ3n) is 8.08. The molecule has 1 aliphatic rings. The van der Waals surface area contributed by atoms with E-state index in [1.165, 1.54) is 0 Å². The summed E-state index contributed by atoms with van der Waals surface area (Å²) in [6.45, 7) is 12.8. The molecule has 0 aromatic heterocycles. The molecule has 1 fully saturated rings. The lowest BCUT2D eigenvalue weighted by Crippen LogP contribution is -2.44. The quantitative estimate of drug-likeness (QED) is 0.211. The number of hydrogen-bond acceptors (Lipinski definition) is 4. The molecular formula is C37H43N3O4. The molecule has 1 saturated heterocycles. The topological polar surface area (TPSA) is 80.1 Å². The number of piperidine rings is 1. The third-order valence-corrected chi connectivity index (χ3v) is 8.08. The average molecular weight is 594 g/mol. The second-order valence-electron chi connectivity index (χ2n) is 12.1. The first-order valence-electron chi connectivity index (χ1n) is 15.6. The van der Waals surface area contributed by atoms with Crippen LogP contribution in [0.15, 0.2) is 78.9 Å². The molecule has 1 aliphatic heterocycles. The Kier molecular flexibility index (Phi) is 12.1. The maximum absolute atomic E-state index is 13.1. The minimum Gasteiger partial charge on any atom is -0.489 e. The number of amides is 2. The maximum atomic E-state index is 13.1. The molecule has 1 N–H and O–H groups in total. The summed E-state index contributed by atoms with van der Waals surface area (Å²) in [5.74, 6) is 1.20. The molecule has 3 aromatic carbocycles. The zero-order valence-electron chi connectivity index (χ0n) is 25.8. The van der Waals surface area contributed by atoms with E-state index in [1.807, 2.05) is 85.5 Å². The largest absolute Gasteiger partial charge is 0.489 e. The maximum Gasteiger partial charge on any atom is 0.222 e. The van der Waals surface area contributed by atoms with Gasteiger partial charge in [-0.3, -0.25) is 14.4 Å². The van der Waals surface area contributed by atoms with Crippen molar-refractivity contribution < 1.29 is 19.1 Å². The highest BCUT2D eigenvalue weighted by Crippen LogP contribution is 2.23. The molecule has 0 unspecified atom stereocenters.